The predicted octanol–water partition coefficient (Wildman–Crippen LogP) is 5.84. The van der Waals surface area contributed by atoms with E-state index < -0.39 is 0 Å². The predicted molar refractivity (Wildman–Crippen MR) is 91.6 cm³/mol. The van der Waals surface area contributed by atoms with E-state index >= 15 is 0 Å². The van der Waals surface area contributed by atoms with Crippen molar-refractivity contribution in [3.05, 3.63) is 55.4 Å². The van der Waals surface area contributed by atoms with E-state index in [9.17, 15) is 0 Å². The minimum Gasteiger partial charge on any atom is -0.455 e. The molecule has 2 N–H and O–H groups in total. The minimum atomic E-state index is 0.220. The Kier molecular flexibility index (Phi) is 5.15. The standard InChI is InChI=1S/C13H7BrCl3NOS/c14-6-1-2-11(7(3-6)13(18)20)19-12-5-9(16)8(15)4-10(12)17/h1-5H,(H2,18,20). The van der Waals surface area contributed by atoms with Crippen LogP contribution in [0.15, 0.2) is 34.8 Å². The van der Waals surface area contributed by atoms with Gasteiger partial charge in [-0.1, -0.05) is 63.0 Å². The second-order valence-corrected chi connectivity index (χ2v) is 6.38. The van der Waals surface area contributed by atoms with E-state index in [-0.39, 0.29) is 4.99 Å². The van der Waals surface area contributed by atoms with E-state index in [0.717, 1.165) is 4.47 Å². The van der Waals surface area contributed by atoms with Crippen molar-refractivity contribution in [3.8, 4) is 11.5 Å². The summed E-state index contributed by atoms with van der Waals surface area (Å²) < 4.78 is 6.57. The zero-order valence-electron chi connectivity index (χ0n) is 9.79. The van der Waals surface area contributed by atoms with Gasteiger partial charge in [-0.3, -0.25) is 0 Å². The first-order valence-electron chi connectivity index (χ1n) is 5.30. The maximum Gasteiger partial charge on any atom is 0.147 e. The molecule has 20 heavy (non-hydrogen) atoms. The van der Waals surface area contributed by atoms with Gasteiger partial charge >= 0.3 is 0 Å². The number of hydrogen-bond acceptors (Lipinski definition) is 2. The lowest BCUT2D eigenvalue weighted by atomic mass is 10.2. The van der Waals surface area contributed by atoms with Crippen molar-refractivity contribution in [1.29, 1.82) is 0 Å². The van der Waals surface area contributed by atoms with Gasteiger partial charge in [-0.15, -0.1) is 0 Å². The first-order valence-corrected chi connectivity index (χ1v) is 7.63. The van der Waals surface area contributed by atoms with E-state index in [1.807, 2.05) is 6.07 Å². The molecule has 0 amide bonds. The van der Waals surface area contributed by atoms with Crippen LogP contribution in [0.5, 0.6) is 11.5 Å². The van der Waals surface area contributed by atoms with Crippen molar-refractivity contribution < 1.29 is 4.74 Å². The van der Waals surface area contributed by atoms with E-state index in [4.69, 9.17) is 57.5 Å². The van der Waals surface area contributed by atoms with Crippen molar-refractivity contribution >= 4 is 67.9 Å². The number of hydrogen-bond donors (Lipinski definition) is 1. The Balaban J connectivity index is 2.45. The lowest BCUT2D eigenvalue weighted by Gasteiger charge is -2.12. The lowest BCUT2D eigenvalue weighted by Crippen LogP contribution is -2.10. The van der Waals surface area contributed by atoms with Crippen molar-refractivity contribution in [2.24, 2.45) is 5.73 Å². The molecule has 0 aliphatic carbocycles. The Morgan fingerprint density at radius 1 is 1.00 bits per heavy atom. The quantitative estimate of drug-likeness (QED) is 0.509. The maximum atomic E-state index is 6.07. The van der Waals surface area contributed by atoms with Crippen LogP contribution < -0.4 is 10.5 Å². The Bertz CT molecular complexity index is 694. The molecule has 0 aromatic heterocycles. The Morgan fingerprint density at radius 2 is 1.65 bits per heavy atom. The average Bonchev–Trinajstić information content (AvgIpc) is 2.37. The van der Waals surface area contributed by atoms with Crippen LogP contribution in [0.3, 0.4) is 0 Å². The van der Waals surface area contributed by atoms with Gasteiger partial charge in [0.25, 0.3) is 0 Å². The summed E-state index contributed by atoms with van der Waals surface area (Å²) in [5, 5.41) is 1.05. The summed E-state index contributed by atoms with van der Waals surface area (Å²) in [6, 6.07) is 8.36. The van der Waals surface area contributed by atoms with Crippen LogP contribution in [-0.4, -0.2) is 4.99 Å². The topological polar surface area (TPSA) is 35.2 Å². The normalized spacial score (nSPS) is 10.4. The Hall–Kier alpha value is -0.520. The summed E-state index contributed by atoms with van der Waals surface area (Å²) in [6.45, 7) is 0. The van der Waals surface area contributed by atoms with Gasteiger partial charge in [-0.2, -0.15) is 0 Å². The van der Waals surface area contributed by atoms with E-state index in [1.165, 1.54) is 12.1 Å². The summed E-state index contributed by atoms with van der Waals surface area (Å²) in [4.78, 5) is 0.220. The number of rotatable bonds is 3. The molecule has 0 unspecified atom stereocenters. The smallest absolute Gasteiger partial charge is 0.147 e. The SMILES string of the molecule is NC(=S)c1cc(Br)ccc1Oc1cc(Cl)c(Cl)cc1Cl. The number of benzene rings is 2. The zero-order chi connectivity index (χ0) is 14.9. The summed E-state index contributed by atoms with van der Waals surface area (Å²) >= 11 is 26.2. The number of ether oxygens (including phenoxy) is 1. The molecule has 7 heteroatoms. The largest absolute Gasteiger partial charge is 0.455 e. The number of nitrogens with two attached hydrogens (primary N) is 1. The summed E-state index contributed by atoms with van der Waals surface area (Å²) in [5.74, 6) is 0.863. The number of thiocarbonyl (C=S) groups is 1. The summed E-state index contributed by atoms with van der Waals surface area (Å²) in [5.41, 5.74) is 6.27. The molecule has 0 saturated carbocycles. The molecule has 0 fully saturated rings. The second-order valence-electron chi connectivity index (χ2n) is 3.80. The van der Waals surface area contributed by atoms with Crippen LogP contribution in [0.1, 0.15) is 5.56 Å². The molecule has 0 radical (unpaired) electrons. The van der Waals surface area contributed by atoms with Gasteiger partial charge in [0.15, 0.2) is 0 Å². The van der Waals surface area contributed by atoms with Crippen LogP contribution in [0.4, 0.5) is 0 Å². The van der Waals surface area contributed by atoms with Crippen molar-refractivity contribution in [3.63, 3.8) is 0 Å². The molecule has 0 saturated heterocycles. The molecule has 2 nitrogen and oxygen atoms in total. The Labute approximate surface area is 144 Å². The van der Waals surface area contributed by atoms with Crippen LogP contribution in [0.2, 0.25) is 15.1 Å². The molecule has 0 aliphatic heterocycles. The highest BCUT2D eigenvalue weighted by Crippen LogP contribution is 2.37. The maximum absolute atomic E-state index is 6.07. The van der Waals surface area contributed by atoms with Crippen molar-refractivity contribution in [2.45, 2.75) is 0 Å². The van der Waals surface area contributed by atoms with Gasteiger partial charge < -0.3 is 10.5 Å². The highest BCUT2D eigenvalue weighted by molar-refractivity contribution is 9.10. The van der Waals surface area contributed by atoms with Gasteiger partial charge in [0, 0.05) is 10.5 Å². The van der Waals surface area contributed by atoms with E-state index in [0.29, 0.717) is 32.1 Å². The summed E-state index contributed by atoms with van der Waals surface area (Å²) in [7, 11) is 0. The highest BCUT2D eigenvalue weighted by Gasteiger charge is 2.12. The zero-order valence-corrected chi connectivity index (χ0v) is 14.5. The molecule has 0 spiro atoms. The van der Waals surface area contributed by atoms with Crippen molar-refractivity contribution in [2.75, 3.05) is 0 Å². The monoisotopic (exact) mass is 409 g/mol. The van der Waals surface area contributed by atoms with E-state index in [1.54, 1.807) is 12.1 Å². The van der Waals surface area contributed by atoms with Crippen LogP contribution >= 0.6 is 63.0 Å². The third-order valence-corrected chi connectivity index (χ3v) is 4.13. The molecular weight excluding hydrogens is 404 g/mol. The van der Waals surface area contributed by atoms with Crippen LogP contribution in [0.25, 0.3) is 0 Å². The highest BCUT2D eigenvalue weighted by atomic mass is 79.9. The van der Waals surface area contributed by atoms with E-state index in [2.05, 4.69) is 15.9 Å². The first-order chi connectivity index (χ1) is 9.38. The van der Waals surface area contributed by atoms with Crippen molar-refractivity contribution in [1.82, 2.24) is 0 Å². The molecule has 2 aromatic carbocycles. The Morgan fingerprint density at radius 3 is 2.30 bits per heavy atom. The molecule has 2 rings (SSSR count). The molecule has 0 heterocycles. The fraction of sp³-hybridized carbons (Fsp3) is 0. The summed E-state index contributed by atoms with van der Waals surface area (Å²) in [6.07, 6.45) is 0. The fourth-order valence-corrected chi connectivity index (χ4v) is 2.58. The fourth-order valence-electron chi connectivity index (χ4n) is 1.48. The molecule has 104 valence electrons. The molecule has 0 aliphatic rings. The first kappa shape index (κ1) is 15.9. The molecule has 0 atom stereocenters. The third-order valence-electron chi connectivity index (χ3n) is 2.40. The average molecular weight is 412 g/mol. The second kappa shape index (κ2) is 6.50. The third kappa shape index (κ3) is 3.57. The van der Waals surface area contributed by atoms with Gasteiger partial charge in [-0.05, 0) is 24.3 Å². The molecule has 2 aromatic rings. The van der Waals surface area contributed by atoms with Gasteiger partial charge in [0.05, 0.1) is 20.6 Å². The van der Waals surface area contributed by atoms with Crippen LogP contribution in [-0.2, 0) is 0 Å². The van der Waals surface area contributed by atoms with Gasteiger partial charge in [0.2, 0.25) is 0 Å². The van der Waals surface area contributed by atoms with Gasteiger partial charge in [-0.25, -0.2) is 0 Å². The minimum absolute atomic E-state index is 0.220. The molecule has 0 bridgehead atoms. The number of halogens is 4. The molecular formula is C13H7BrCl3NOS. The van der Waals surface area contributed by atoms with Gasteiger partial charge in [0.1, 0.15) is 16.5 Å². The van der Waals surface area contributed by atoms with Crippen LogP contribution in [0, 0.1) is 0 Å². The lowest BCUT2D eigenvalue weighted by molar-refractivity contribution is 0.482.